The van der Waals surface area contributed by atoms with Crippen molar-refractivity contribution in [3.8, 4) is 155 Å². The van der Waals surface area contributed by atoms with Gasteiger partial charge in [0.25, 0.3) is 0 Å². The van der Waals surface area contributed by atoms with Crippen LogP contribution < -0.4 is 4.74 Å². The van der Waals surface area contributed by atoms with Crippen LogP contribution in [0.5, 0.6) is 144 Å². The summed E-state index contributed by atoms with van der Waals surface area (Å²) in [5, 5.41) is 266. The molecule has 0 saturated carbocycles. The number of esters is 8. The number of carbonyl (C=O) groups is 8. The van der Waals surface area contributed by atoms with E-state index in [0.717, 1.165) is 0 Å². The second kappa shape index (κ2) is 29.7. The Labute approximate surface area is 617 Å². The third-order valence-corrected chi connectivity index (χ3v) is 16.8. The summed E-state index contributed by atoms with van der Waals surface area (Å²) in [4.78, 5) is 115. The Morgan fingerprint density at radius 1 is 0.348 bits per heavy atom. The average molecular weight is 1570 g/mol. The minimum Gasteiger partial charge on any atom is -0.504 e. The van der Waals surface area contributed by atoms with E-state index in [2.05, 4.69) is 0 Å². The summed E-state index contributed by atoms with van der Waals surface area (Å²) in [6.07, 6.45) is -26.2. The van der Waals surface area contributed by atoms with Gasteiger partial charge in [0.05, 0.1) is 45.6 Å². The van der Waals surface area contributed by atoms with E-state index in [4.69, 9.17) is 52.1 Å². The van der Waals surface area contributed by atoms with Gasteiger partial charge in [-0.3, -0.25) is 0 Å². The van der Waals surface area contributed by atoms with E-state index in [0.29, 0.717) is 72.8 Å². The minimum atomic E-state index is -2.92. The second-order valence-electron chi connectivity index (χ2n) is 23.9. The van der Waals surface area contributed by atoms with Gasteiger partial charge in [0.15, 0.2) is 133 Å². The molecule has 44 nitrogen and oxygen atoms in total. The molecule has 44 heteroatoms. The maximum absolute atomic E-state index is 14.9. The molecule has 0 unspecified atom stereocenters. The summed E-state index contributed by atoms with van der Waals surface area (Å²) in [6, 6.07) is 5.14. The molecule has 588 valence electrons. The molecule has 2 saturated heterocycles. The number of phenols is 23. The van der Waals surface area contributed by atoms with Gasteiger partial charge >= 0.3 is 47.8 Å². The lowest BCUT2D eigenvalue weighted by Crippen LogP contribution is -2.63. The van der Waals surface area contributed by atoms with Crippen LogP contribution in [0, 0.1) is 0 Å². The summed E-state index contributed by atoms with van der Waals surface area (Å²) < 4.78 is 61.5. The molecule has 0 aromatic heterocycles. The van der Waals surface area contributed by atoms with Crippen LogP contribution in [0.15, 0.2) is 78.9 Å². The van der Waals surface area contributed by atoms with Crippen LogP contribution >= 0.6 is 0 Å². The van der Waals surface area contributed by atoms with Gasteiger partial charge in [-0.1, -0.05) is 0 Å². The van der Waals surface area contributed by atoms with Crippen molar-refractivity contribution in [3.05, 3.63) is 123 Å². The van der Waals surface area contributed by atoms with Gasteiger partial charge in [-0.15, -0.1) is 0 Å². The van der Waals surface area contributed by atoms with Crippen LogP contribution in [0.1, 0.15) is 82.9 Å². The average Bonchev–Trinajstić information content (AvgIpc) is 1.23. The molecule has 0 bridgehead atoms. The van der Waals surface area contributed by atoms with E-state index in [1.54, 1.807) is 0 Å². The number of carbonyl (C=O) groups excluding carboxylic acids is 8. The van der Waals surface area contributed by atoms with Crippen LogP contribution in [-0.2, 0) is 47.4 Å². The number of hydrogen-bond acceptors (Lipinski definition) is 44. The highest BCUT2D eigenvalue weighted by Gasteiger charge is 2.57. The number of aliphatic hydroxyl groups is 2. The Morgan fingerprint density at radius 3 is 1.11 bits per heavy atom. The number of phenolic OH excluding ortho intramolecular Hbond substituents is 23. The number of rotatable bonds is 15. The number of aliphatic hydroxyl groups excluding tert-OH is 2. The van der Waals surface area contributed by atoms with Gasteiger partial charge in [0.1, 0.15) is 30.5 Å². The summed E-state index contributed by atoms with van der Waals surface area (Å²) in [5.41, 5.74) is -11.1. The molecule has 0 amide bonds. The minimum absolute atomic E-state index is 0.195. The Kier molecular flexibility index (Phi) is 20.6. The van der Waals surface area contributed by atoms with Crippen molar-refractivity contribution in [1.29, 1.82) is 0 Å². The van der Waals surface area contributed by atoms with Crippen molar-refractivity contribution in [3.63, 3.8) is 0 Å². The van der Waals surface area contributed by atoms with Crippen LogP contribution in [0.25, 0.3) is 11.1 Å². The normalized spacial score (nSPS) is 19.9. The smallest absolute Gasteiger partial charge is 0.342 e. The summed E-state index contributed by atoms with van der Waals surface area (Å²) >= 11 is 0. The predicted octanol–water partition coefficient (Wildman–Crippen LogP) is 1.79. The van der Waals surface area contributed by atoms with E-state index in [1.165, 1.54) is 0 Å². The molecular formula is C68H52O44. The lowest BCUT2D eigenvalue weighted by molar-refractivity contribution is -0.283. The Balaban J connectivity index is 1.01. The first-order valence-electron chi connectivity index (χ1n) is 31.0. The van der Waals surface area contributed by atoms with Crippen LogP contribution in [0.4, 0.5) is 0 Å². The fourth-order valence-electron chi connectivity index (χ4n) is 11.2. The van der Waals surface area contributed by atoms with Gasteiger partial charge in [0.2, 0.25) is 53.5 Å². The van der Waals surface area contributed by atoms with Crippen LogP contribution in [0.3, 0.4) is 0 Å². The number of cyclic esters (lactones) is 1. The molecule has 8 aromatic rings. The molecular weight excluding hydrogens is 1520 g/mol. The Morgan fingerprint density at radius 2 is 0.679 bits per heavy atom. The molecule has 8 aromatic carbocycles. The molecule has 3 aliphatic rings. The molecule has 0 radical (unpaired) electrons. The zero-order valence-corrected chi connectivity index (χ0v) is 55.1. The molecule has 10 atom stereocenters. The number of hydrogen-bond donors (Lipinski definition) is 25. The maximum Gasteiger partial charge on any atom is 0.342 e. The SMILES string of the molecule is O=C(O[C@H]1O[C@@H]2COC(=O)c3cc(O)c(O)c(O)c3-c3c(cc(O)c(O)c3O)C(=O)O[C@@H]2[C@@H](OC(=O)c2cc(O)c(O)c(O)c2)[C@@H]1OC(=O)c1cc(O)c(O)c(O)c1)c1cc(O)c(O)c(Oc2c(C(=O)O[C@H]3[C@H](OC(=O)c4cc(O)c(O)c(O)c4)O[C@H](CO)[C@H](O)[C@H]3OC(=O)c3cc(O)c(O)c(O)c3)cc(O)c(O)c2O)c1. The quantitative estimate of drug-likeness (QED) is 0.0395. The third kappa shape index (κ3) is 14.4. The van der Waals surface area contributed by atoms with E-state index in [9.17, 15) is 166 Å². The van der Waals surface area contributed by atoms with Crippen molar-refractivity contribution in [2.24, 2.45) is 0 Å². The predicted molar refractivity (Wildman–Crippen MR) is 346 cm³/mol. The van der Waals surface area contributed by atoms with Crippen LogP contribution in [0.2, 0.25) is 0 Å². The van der Waals surface area contributed by atoms with E-state index < -0.39 is 322 Å². The molecule has 25 N–H and O–H groups in total. The molecule has 0 aliphatic carbocycles. The molecule has 3 aliphatic heterocycles. The zero-order valence-electron chi connectivity index (χ0n) is 55.1. The highest BCUT2D eigenvalue weighted by molar-refractivity contribution is 6.09. The van der Waals surface area contributed by atoms with Crippen molar-refractivity contribution in [2.45, 2.75) is 61.4 Å². The molecule has 3 heterocycles. The topological polar surface area (TPSA) is 744 Å². The Bertz CT molecular complexity index is 5190. The summed E-state index contributed by atoms with van der Waals surface area (Å²) in [5.74, 6) is -49.2. The lowest BCUT2D eigenvalue weighted by Gasteiger charge is -2.43. The van der Waals surface area contributed by atoms with Gasteiger partial charge in [-0.05, 0) is 72.8 Å². The first kappa shape index (κ1) is 77.7. The van der Waals surface area contributed by atoms with Gasteiger partial charge in [-0.25, -0.2) is 38.4 Å². The van der Waals surface area contributed by atoms with Crippen molar-refractivity contribution in [1.82, 2.24) is 0 Å². The summed E-state index contributed by atoms with van der Waals surface area (Å²) in [7, 11) is 0. The first-order valence-corrected chi connectivity index (χ1v) is 31.0. The van der Waals surface area contributed by atoms with E-state index >= 15 is 0 Å². The van der Waals surface area contributed by atoms with Crippen molar-refractivity contribution >= 4 is 47.8 Å². The molecule has 2 fully saturated rings. The fourth-order valence-corrected chi connectivity index (χ4v) is 11.2. The standard InChI is InChI=1S/C68H52O44/c69-14-37-49(90)55(107-59(94)16-1-24(70)41(82)25(71)2-16)57(67(104-37)111-62(97)19-7-30(76)44(85)31(77)8-19)110-66(101)23-13-35(81)48(89)52(93)53(23)103-36-10-20(9-32(78)45(36)86)63(98)112-68-58(109-61(96)18-5-28(74)43(84)29(75)6-18)56(108-60(95)17-3-26(72)42(83)27(73)4-17)54-38(105-68)15-102-64(99)21-11-33(79)46(87)50(91)39(21)40-22(65(100)106-54)12-34(80)47(88)51(40)92/h1-13,37-38,49,54-58,67-93H,14-15H2/t37-,38-,49+,54+,55-,56-,57-,58+,67+,68-/m1/s1. The van der Waals surface area contributed by atoms with Crippen LogP contribution in [-0.4, -0.2) is 250 Å². The van der Waals surface area contributed by atoms with Gasteiger partial charge < -0.3 is 180 Å². The molecule has 112 heavy (non-hydrogen) atoms. The van der Waals surface area contributed by atoms with E-state index in [-0.39, 0.29) is 6.07 Å². The molecule has 0 spiro atoms. The largest absolute Gasteiger partial charge is 0.504 e. The van der Waals surface area contributed by atoms with Crippen molar-refractivity contribution < 1.29 is 218 Å². The van der Waals surface area contributed by atoms with Crippen molar-refractivity contribution in [2.75, 3.05) is 13.2 Å². The number of ether oxygens (including phenoxy) is 11. The Hall–Kier alpha value is -15.4. The highest BCUT2D eigenvalue weighted by atomic mass is 16.8. The first-order chi connectivity index (χ1) is 52.7. The van der Waals surface area contributed by atoms with Gasteiger partial charge in [-0.2, -0.15) is 0 Å². The van der Waals surface area contributed by atoms with E-state index in [1.807, 2.05) is 0 Å². The maximum atomic E-state index is 14.9. The lowest BCUT2D eigenvalue weighted by atomic mass is 9.92. The third-order valence-electron chi connectivity index (χ3n) is 16.8. The second-order valence-corrected chi connectivity index (χ2v) is 23.9. The number of aromatic hydroxyl groups is 23. The number of benzene rings is 8. The summed E-state index contributed by atoms with van der Waals surface area (Å²) in [6.45, 7) is -2.79. The number of fused-ring (bicyclic) bond motifs is 4. The monoisotopic (exact) mass is 1570 g/mol. The molecule has 11 rings (SSSR count). The highest BCUT2D eigenvalue weighted by Crippen LogP contribution is 2.55. The zero-order chi connectivity index (χ0) is 82.0. The van der Waals surface area contributed by atoms with Gasteiger partial charge in [0, 0.05) is 17.2 Å². The fraction of sp³-hybridized carbons (Fsp3) is 0.176.